The van der Waals surface area contributed by atoms with Gasteiger partial charge in [0.15, 0.2) is 0 Å². The zero-order valence-electron chi connectivity index (χ0n) is 32.4. The van der Waals surface area contributed by atoms with Gasteiger partial charge < -0.3 is 25.4 Å². The minimum atomic E-state index is -0.689. The molecule has 2 heterocycles. The lowest BCUT2D eigenvalue weighted by molar-refractivity contribution is -0.116. The van der Waals surface area contributed by atoms with Gasteiger partial charge in [0.05, 0.1) is 19.8 Å². The van der Waals surface area contributed by atoms with Crippen LogP contribution in [0.2, 0.25) is 0 Å². The Bertz CT molecular complexity index is 2520. The second-order valence-corrected chi connectivity index (χ2v) is 15.9. The van der Waals surface area contributed by atoms with Gasteiger partial charge in [-0.25, -0.2) is 0 Å². The topological polar surface area (TPSA) is 133 Å². The van der Waals surface area contributed by atoms with Crippen LogP contribution in [0, 0.1) is 11.3 Å². The molecule has 0 fully saturated rings. The van der Waals surface area contributed by atoms with E-state index in [2.05, 4.69) is 39.1 Å². The Morgan fingerprint density at radius 2 is 1.59 bits per heavy atom. The van der Waals surface area contributed by atoms with Gasteiger partial charge in [0, 0.05) is 52.3 Å². The van der Waals surface area contributed by atoms with Crippen molar-refractivity contribution in [2.24, 2.45) is 0 Å². The number of amides is 3. The number of benzene rings is 5. The molecule has 10 nitrogen and oxygen atoms in total. The van der Waals surface area contributed by atoms with Crippen molar-refractivity contribution in [3.8, 4) is 17.6 Å². The molecule has 7 rings (SSSR count). The minimum Gasteiger partial charge on any atom is -0.497 e. The number of anilines is 2. The number of carbonyl (C=O) groups excluding carboxylic acids is 3. The number of ether oxygens (including phenoxy) is 2. The molecule has 1 aliphatic rings. The highest BCUT2D eigenvalue weighted by Crippen LogP contribution is 2.41. The molecular weight excluding hydrogens is 779 g/mol. The summed E-state index contributed by atoms with van der Waals surface area (Å²) in [6.07, 6.45) is 2.27. The maximum absolute atomic E-state index is 14.3. The van der Waals surface area contributed by atoms with E-state index < -0.39 is 17.1 Å². The van der Waals surface area contributed by atoms with Crippen molar-refractivity contribution >= 4 is 57.6 Å². The summed E-state index contributed by atoms with van der Waals surface area (Å²) < 4.78 is 10.9. The average molecular weight is 820 g/mol. The zero-order valence-corrected chi connectivity index (χ0v) is 34.1. The lowest BCUT2D eigenvalue weighted by Gasteiger charge is -2.26. The predicted octanol–water partition coefficient (Wildman–Crippen LogP) is 9.08. The smallest absolute Gasteiger partial charge is 0.272 e. The highest BCUT2D eigenvalue weighted by atomic mass is 32.2. The molecule has 5 aromatic carbocycles. The van der Waals surface area contributed by atoms with Crippen LogP contribution in [0.1, 0.15) is 48.3 Å². The second kappa shape index (κ2) is 19.2. The van der Waals surface area contributed by atoms with Crippen LogP contribution < -0.4 is 25.4 Å². The van der Waals surface area contributed by atoms with E-state index in [1.807, 2.05) is 54.6 Å². The molecule has 3 N–H and O–H groups in total. The molecular formula is C47H41N5O5S2. The molecule has 1 unspecified atom stereocenters. The van der Waals surface area contributed by atoms with Crippen LogP contribution >= 0.6 is 23.1 Å². The summed E-state index contributed by atoms with van der Waals surface area (Å²) in [7, 11) is 3.06. The van der Waals surface area contributed by atoms with Gasteiger partial charge in [-0.1, -0.05) is 84.9 Å². The molecule has 296 valence electrons. The van der Waals surface area contributed by atoms with Crippen LogP contribution in [0.5, 0.6) is 11.5 Å². The van der Waals surface area contributed by atoms with Gasteiger partial charge in [0.25, 0.3) is 11.8 Å². The van der Waals surface area contributed by atoms with Crippen LogP contribution in [0.3, 0.4) is 0 Å². The van der Waals surface area contributed by atoms with Crippen molar-refractivity contribution in [3.63, 3.8) is 0 Å². The van der Waals surface area contributed by atoms with Crippen LogP contribution in [0.4, 0.5) is 10.7 Å². The Morgan fingerprint density at radius 3 is 2.31 bits per heavy atom. The van der Waals surface area contributed by atoms with E-state index in [-0.39, 0.29) is 11.6 Å². The standard InChI is InChI=1S/C47H41N5O5S2/c1-56-36-22-21-34(41(27-36)57-2)25-40(50-44(53)33-17-10-5-11-18-33)45(54)49-35-19-12-20-37(26-35)58-43(32-15-8-4-9-16-32)46(55)51-47-39(28-48)38-23-24-52(30-42(38)59-47)29-31-13-6-3-7-14-31/h3-22,25-27,43H,23-24,29-30H2,1-2H3,(H,49,54)(H,50,53)(H,51,55)/b40-25+. The zero-order chi connectivity index (χ0) is 41.1. The number of thioether (sulfide) groups is 1. The highest BCUT2D eigenvalue weighted by Gasteiger charge is 2.29. The number of thiophene rings is 1. The number of nitrogens with one attached hydrogen (secondary N) is 3. The predicted molar refractivity (Wildman–Crippen MR) is 233 cm³/mol. The maximum Gasteiger partial charge on any atom is 0.272 e. The summed E-state index contributed by atoms with van der Waals surface area (Å²) in [6.45, 7) is 2.34. The van der Waals surface area contributed by atoms with E-state index in [4.69, 9.17) is 9.47 Å². The van der Waals surface area contributed by atoms with Gasteiger partial charge in [0.1, 0.15) is 33.5 Å². The molecule has 0 saturated heterocycles. The average Bonchev–Trinajstić information content (AvgIpc) is 3.62. The van der Waals surface area contributed by atoms with E-state index >= 15 is 0 Å². The number of carbonyl (C=O) groups is 3. The summed E-state index contributed by atoms with van der Waals surface area (Å²) in [6, 6.07) is 43.1. The van der Waals surface area contributed by atoms with E-state index in [1.165, 1.54) is 35.8 Å². The fourth-order valence-electron chi connectivity index (χ4n) is 6.73. The van der Waals surface area contributed by atoms with Crippen LogP contribution in [0.25, 0.3) is 6.08 Å². The van der Waals surface area contributed by atoms with Gasteiger partial charge in [-0.2, -0.15) is 5.26 Å². The summed E-state index contributed by atoms with van der Waals surface area (Å²) in [4.78, 5) is 45.7. The Balaban J connectivity index is 1.11. The molecule has 3 amide bonds. The first kappa shape index (κ1) is 40.5. The number of nitrogens with zero attached hydrogens (tertiary/aromatic N) is 2. The Kier molecular flexibility index (Phi) is 13.2. The van der Waals surface area contributed by atoms with Crippen molar-refractivity contribution in [1.82, 2.24) is 10.2 Å². The second-order valence-electron chi connectivity index (χ2n) is 13.6. The number of nitriles is 1. The number of rotatable bonds is 14. The summed E-state index contributed by atoms with van der Waals surface area (Å²) in [5.74, 6) is -0.284. The van der Waals surface area contributed by atoms with Gasteiger partial charge in [-0.05, 0) is 71.7 Å². The fourth-order valence-corrected chi connectivity index (χ4v) is 9.06. The van der Waals surface area contributed by atoms with E-state index in [9.17, 15) is 19.6 Å². The van der Waals surface area contributed by atoms with E-state index in [0.717, 1.165) is 35.5 Å². The molecule has 0 spiro atoms. The lowest BCUT2D eigenvalue weighted by atomic mass is 10.0. The highest BCUT2D eigenvalue weighted by molar-refractivity contribution is 8.00. The molecule has 12 heteroatoms. The Labute approximate surface area is 351 Å². The Morgan fingerprint density at radius 1 is 0.864 bits per heavy atom. The number of fused-ring (bicyclic) bond motifs is 1. The molecule has 6 aromatic rings. The SMILES string of the molecule is COc1ccc(/C=C(/NC(=O)c2ccccc2)C(=O)Nc2cccc(SC(C(=O)Nc3sc4c(c3C#N)CCN(Cc3ccccc3)C4)c3ccccc3)c2)c(OC)c1. The quantitative estimate of drug-likeness (QED) is 0.0733. The first-order chi connectivity index (χ1) is 28.8. The summed E-state index contributed by atoms with van der Waals surface area (Å²) in [5, 5.41) is 18.9. The third-order valence-corrected chi connectivity index (χ3v) is 12.1. The molecule has 59 heavy (non-hydrogen) atoms. The molecule has 1 aromatic heterocycles. The van der Waals surface area contributed by atoms with Gasteiger partial charge in [0.2, 0.25) is 5.91 Å². The minimum absolute atomic E-state index is 0.0166. The van der Waals surface area contributed by atoms with Crippen molar-refractivity contribution < 1.29 is 23.9 Å². The van der Waals surface area contributed by atoms with Crippen molar-refractivity contribution in [2.75, 3.05) is 31.4 Å². The van der Waals surface area contributed by atoms with Crippen LogP contribution in [0.15, 0.2) is 144 Å². The van der Waals surface area contributed by atoms with Gasteiger partial charge in [-0.3, -0.25) is 19.3 Å². The first-order valence-electron chi connectivity index (χ1n) is 18.9. The third kappa shape index (κ3) is 10.1. The number of hydrogen-bond donors (Lipinski definition) is 3. The van der Waals surface area contributed by atoms with Gasteiger partial charge >= 0.3 is 0 Å². The fraction of sp³-hybridized carbons (Fsp3) is 0.149. The van der Waals surface area contributed by atoms with Gasteiger partial charge in [-0.15, -0.1) is 23.1 Å². The number of hydrogen-bond acceptors (Lipinski definition) is 9. The maximum atomic E-state index is 14.3. The molecule has 0 bridgehead atoms. The van der Waals surface area contributed by atoms with E-state index in [0.29, 0.717) is 50.3 Å². The first-order valence-corrected chi connectivity index (χ1v) is 20.6. The molecule has 0 radical (unpaired) electrons. The molecule has 0 aliphatic carbocycles. The molecule has 1 aliphatic heterocycles. The van der Waals surface area contributed by atoms with Crippen molar-refractivity contribution in [3.05, 3.63) is 177 Å². The lowest BCUT2D eigenvalue weighted by Crippen LogP contribution is -2.30. The largest absolute Gasteiger partial charge is 0.497 e. The van der Waals surface area contributed by atoms with Crippen molar-refractivity contribution in [2.45, 2.75) is 29.7 Å². The molecule has 0 saturated carbocycles. The normalized spacial score (nSPS) is 13.0. The summed E-state index contributed by atoms with van der Waals surface area (Å²) in [5.41, 5.74) is 4.89. The monoisotopic (exact) mass is 819 g/mol. The number of methoxy groups -OCH3 is 2. The van der Waals surface area contributed by atoms with Crippen LogP contribution in [-0.4, -0.2) is 43.4 Å². The summed E-state index contributed by atoms with van der Waals surface area (Å²) >= 11 is 2.79. The Hall–Kier alpha value is -6.65. The molecule has 1 atom stereocenters. The third-order valence-electron chi connectivity index (χ3n) is 9.69. The van der Waals surface area contributed by atoms with Crippen LogP contribution in [-0.2, 0) is 29.1 Å². The van der Waals surface area contributed by atoms with E-state index in [1.54, 1.807) is 79.9 Å². The van der Waals surface area contributed by atoms with Crippen molar-refractivity contribution in [1.29, 1.82) is 5.26 Å².